The van der Waals surface area contributed by atoms with E-state index >= 15 is 0 Å². The van der Waals surface area contributed by atoms with Crippen molar-refractivity contribution < 1.29 is 20.1 Å². The summed E-state index contributed by atoms with van der Waals surface area (Å²) in [5.74, 6) is 0.483. The molecule has 13 heavy (non-hydrogen) atoms. The quantitative estimate of drug-likeness (QED) is 0.459. The topological polar surface area (TPSA) is 85.7 Å². The molecular formula is C8H11NO4. The highest BCUT2D eigenvalue weighted by Crippen LogP contribution is 2.33. The number of aliphatic hydroxyl groups excluding tert-OH is 3. The Balaban J connectivity index is 2.32. The van der Waals surface area contributed by atoms with E-state index < -0.39 is 18.3 Å². The molecule has 72 valence electrons. The smallest absolute Gasteiger partial charge is 0.150 e. The molecule has 0 fully saturated rings. The van der Waals surface area contributed by atoms with Crippen LogP contribution in [-0.4, -0.2) is 39.1 Å². The van der Waals surface area contributed by atoms with Gasteiger partial charge in [-0.1, -0.05) is 0 Å². The lowest BCUT2D eigenvalue weighted by molar-refractivity contribution is -0.0850. The Morgan fingerprint density at radius 1 is 1.46 bits per heavy atom. The number of ether oxygens (including phenoxy) is 1. The summed E-state index contributed by atoms with van der Waals surface area (Å²) < 4.78 is 5.21. The van der Waals surface area contributed by atoms with E-state index in [0.717, 1.165) is 0 Å². The van der Waals surface area contributed by atoms with E-state index in [1.54, 1.807) is 12.3 Å². The minimum Gasteiger partial charge on any atom is -0.483 e. The van der Waals surface area contributed by atoms with Gasteiger partial charge in [-0.25, -0.2) is 0 Å². The molecule has 0 saturated carbocycles. The van der Waals surface area contributed by atoms with Gasteiger partial charge >= 0.3 is 0 Å². The van der Waals surface area contributed by atoms with Crippen molar-refractivity contribution in [1.29, 1.82) is 0 Å². The third-order valence-corrected chi connectivity index (χ3v) is 2.20. The van der Waals surface area contributed by atoms with Gasteiger partial charge in [-0.2, -0.15) is 0 Å². The summed E-state index contributed by atoms with van der Waals surface area (Å²) in [5, 5.41) is 27.8. The predicted octanol–water partition coefficient (Wildman–Crippen LogP) is -0.838. The maximum atomic E-state index is 9.55. The first-order valence-electron chi connectivity index (χ1n) is 4.05. The Labute approximate surface area is 74.6 Å². The average molecular weight is 185 g/mol. The molecule has 5 heteroatoms. The molecule has 0 spiro atoms. The standard InChI is InChI=1S/C8H11NO4/c10-3-5-7(11)8(12)6-4(13-5)1-2-9-6/h1-2,5,7-12H,3H2/t5-,7+,8-/m1/s1. The molecule has 3 atom stereocenters. The van der Waals surface area contributed by atoms with Crippen molar-refractivity contribution in [3.05, 3.63) is 18.0 Å². The first-order chi connectivity index (χ1) is 6.24. The van der Waals surface area contributed by atoms with Crippen molar-refractivity contribution in [2.75, 3.05) is 6.61 Å². The largest absolute Gasteiger partial charge is 0.483 e. The zero-order chi connectivity index (χ0) is 9.42. The minimum absolute atomic E-state index is 0.317. The van der Waals surface area contributed by atoms with Crippen LogP contribution in [-0.2, 0) is 0 Å². The van der Waals surface area contributed by atoms with E-state index in [-0.39, 0.29) is 6.61 Å². The average Bonchev–Trinajstić information content (AvgIpc) is 2.59. The monoisotopic (exact) mass is 185 g/mol. The summed E-state index contributed by atoms with van der Waals surface area (Å²) in [5.41, 5.74) is 0.456. The fraction of sp³-hybridized carbons (Fsp3) is 0.500. The van der Waals surface area contributed by atoms with E-state index in [1.807, 2.05) is 0 Å². The number of aromatic amines is 1. The maximum absolute atomic E-state index is 9.55. The number of aromatic nitrogens is 1. The molecule has 2 rings (SSSR count). The van der Waals surface area contributed by atoms with Crippen LogP contribution in [0.15, 0.2) is 12.3 Å². The summed E-state index contributed by atoms with van der Waals surface area (Å²) in [6.07, 6.45) is -1.24. The van der Waals surface area contributed by atoms with Gasteiger partial charge in [-0.3, -0.25) is 0 Å². The van der Waals surface area contributed by atoms with Gasteiger partial charge in [0, 0.05) is 6.20 Å². The molecule has 4 N–H and O–H groups in total. The summed E-state index contributed by atoms with van der Waals surface area (Å²) in [4.78, 5) is 2.77. The molecule has 0 aromatic carbocycles. The molecule has 0 bridgehead atoms. The number of nitrogens with one attached hydrogen (secondary N) is 1. The summed E-state index contributed by atoms with van der Waals surface area (Å²) in [6.45, 7) is -0.317. The van der Waals surface area contributed by atoms with Crippen molar-refractivity contribution in [2.45, 2.75) is 18.3 Å². The molecule has 0 amide bonds. The van der Waals surface area contributed by atoms with Gasteiger partial charge in [0.2, 0.25) is 0 Å². The lowest BCUT2D eigenvalue weighted by Gasteiger charge is -2.31. The van der Waals surface area contributed by atoms with Crippen LogP contribution in [0, 0.1) is 0 Å². The Morgan fingerprint density at radius 3 is 2.92 bits per heavy atom. The van der Waals surface area contributed by atoms with Crippen LogP contribution in [0.25, 0.3) is 0 Å². The van der Waals surface area contributed by atoms with Crippen LogP contribution >= 0.6 is 0 Å². The van der Waals surface area contributed by atoms with Gasteiger partial charge < -0.3 is 25.0 Å². The summed E-state index contributed by atoms with van der Waals surface area (Å²) in [7, 11) is 0. The SMILES string of the molecule is OC[C@H]1Oc2cc[nH]c2[C@@H](O)[C@H]1O. The Kier molecular flexibility index (Phi) is 1.99. The third-order valence-electron chi connectivity index (χ3n) is 2.20. The second kappa shape index (κ2) is 3.02. The van der Waals surface area contributed by atoms with E-state index in [4.69, 9.17) is 9.84 Å². The number of fused-ring (bicyclic) bond motifs is 1. The Bertz CT molecular complexity index is 298. The molecule has 1 aromatic rings. The predicted molar refractivity (Wildman–Crippen MR) is 43.3 cm³/mol. The highest BCUT2D eigenvalue weighted by molar-refractivity contribution is 5.33. The lowest BCUT2D eigenvalue weighted by atomic mass is 10.0. The van der Waals surface area contributed by atoms with Gasteiger partial charge in [-0.05, 0) is 6.07 Å². The van der Waals surface area contributed by atoms with Crippen LogP contribution in [0.4, 0.5) is 0 Å². The van der Waals surface area contributed by atoms with Gasteiger partial charge in [0.05, 0.1) is 12.3 Å². The number of hydrogen-bond donors (Lipinski definition) is 4. The molecule has 2 heterocycles. The van der Waals surface area contributed by atoms with Gasteiger partial charge in [0.25, 0.3) is 0 Å². The molecule has 1 aliphatic rings. The van der Waals surface area contributed by atoms with Crippen LogP contribution in [0.3, 0.4) is 0 Å². The number of H-pyrrole nitrogens is 1. The number of aliphatic hydroxyl groups is 3. The maximum Gasteiger partial charge on any atom is 0.150 e. The molecule has 1 aromatic heterocycles. The first-order valence-corrected chi connectivity index (χ1v) is 4.05. The van der Waals surface area contributed by atoms with Gasteiger partial charge in [0.1, 0.15) is 18.0 Å². The minimum atomic E-state index is -1.09. The van der Waals surface area contributed by atoms with Crippen molar-refractivity contribution in [1.82, 2.24) is 4.98 Å². The molecular weight excluding hydrogens is 174 g/mol. The van der Waals surface area contributed by atoms with Gasteiger partial charge in [-0.15, -0.1) is 0 Å². The van der Waals surface area contributed by atoms with Crippen LogP contribution in [0.1, 0.15) is 11.8 Å². The fourth-order valence-corrected chi connectivity index (χ4v) is 1.45. The van der Waals surface area contributed by atoms with E-state index in [2.05, 4.69) is 4.98 Å². The van der Waals surface area contributed by atoms with Crippen LogP contribution < -0.4 is 4.74 Å². The second-order valence-corrected chi connectivity index (χ2v) is 3.03. The molecule has 1 aliphatic heterocycles. The lowest BCUT2D eigenvalue weighted by Crippen LogP contribution is -2.42. The molecule has 5 nitrogen and oxygen atoms in total. The molecule has 0 unspecified atom stereocenters. The Morgan fingerprint density at radius 2 is 2.23 bits per heavy atom. The highest BCUT2D eigenvalue weighted by atomic mass is 16.5. The van der Waals surface area contributed by atoms with Gasteiger partial charge in [0.15, 0.2) is 6.10 Å². The van der Waals surface area contributed by atoms with E-state index in [1.165, 1.54) is 0 Å². The normalized spacial score (nSPS) is 32.4. The summed E-state index contributed by atoms with van der Waals surface area (Å²) in [6, 6.07) is 1.65. The van der Waals surface area contributed by atoms with E-state index in [0.29, 0.717) is 11.4 Å². The highest BCUT2D eigenvalue weighted by Gasteiger charge is 2.36. The first kappa shape index (κ1) is 8.55. The second-order valence-electron chi connectivity index (χ2n) is 3.03. The van der Waals surface area contributed by atoms with Crippen molar-refractivity contribution in [3.63, 3.8) is 0 Å². The van der Waals surface area contributed by atoms with Crippen molar-refractivity contribution in [3.8, 4) is 5.75 Å². The van der Waals surface area contributed by atoms with Crippen molar-refractivity contribution in [2.24, 2.45) is 0 Å². The fourth-order valence-electron chi connectivity index (χ4n) is 1.45. The molecule has 0 aliphatic carbocycles. The molecule has 0 radical (unpaired) electrons. The number of hydrogen-bond acceptors (Lipinski definition) is 4. The van der Waals surface area contributed by atoms with Crippen molar-refractivity contribution >= 4 is 0 Å². The summed E-state index contributed by atoms with van der Waals surface area (Å²) >= 11 is 0. The molecule has 0 saturated heterocycles. The van der Waals surface area contributed by atoms with E-state index in [9.17, 15) is 10.2 Å². The zero-order valence-electron chi connectivity index (χ0n) is 6.84. The third kappa shape index (κ3) is 1.21. The number of rotatable bonds is 1. The zero-order valence-corrected chi connectivity index (χ0v) is 6.84. The van der Waals surface area contributed by atoms with Crippen LogP contribution in [0.2, 0.25) is 0 Å². The van der Waals surface area contributed by atoms with Crippen LogP contribution in [0.5, 0.6) is 5.75 Å². The Hall–Kier alpha value is -1.04.